The first-order chi connectivity index (χ1) is 19.8. The summed E-state index contributed by atoms with van der Waals surface area (Å²) in [6.45, 7) is 5.04. The summed E-state index contributed by atoms with van der Waals surface area (Å²) in [5.41, 5.74) is 2.31. The SMILES string of the molecule is CCCC(=O)c1cnn(-c2ccc(NC(=O)c3cn(CC(=O)N4CCC[C@H]4COC)c4ccc(Cl)cc34)nn2)c1C. The van der Waals surface area contributed by atoms with Gasteiger partial charge in [0, 0.05) is 42.2 Å². The van der Waals surface area contributed by atoms with Crippen molar-refractivity contribution in [2.75, 3.05) is 25.6 Å². The van der Waals surface area contributed by atoms with E-state index in [9.17, 15) is 14.4 Å². The van der Waals surface area contributed by atoms with Gasteiger partial charge in [0.1, 0.15) is 6.54 Å². The Morgan fingerprint density at radius 2 is 1.98 bits per heavy atom. The number of ether oxygens (including phenoxy) is 1. The number of ketones is 1. The number of benzene rings is 1. The monoisotopic (exact) mass is 577 g/mol. The molecule has 5 rings (SSSR count). The van der Waals surface area contributed by atoms with Crippen molar-refractivity contribution < 1.29 is 19.1 Å². The third kappa shape index (κ3) is 5.86. The molecule has 1 atom stereocenters. The molecule has 0 spiro atoms. The molecule has 0 radical (unpaired) electrons. The fourth-order valence-electron chi connectivity index (χ4n) is 5.31. The Morgan fingerprint density at radius 3 is 2.71 bits per heavy atom. The van der Waals surface area contributed by atoms with Crippen LogP contribution in [0.15, 0.2) is 42.7 Å². The number of aromatic nitrogens is 5. The van der Waals surface area contributed by atoms with Gasteiger partial charge in [-0.1, -0.05) is 18.5 Å². The molecule has 3 aromatic heterocycles. The lowest BCUT2D eigenvalue weighted by Gasteiger charge is -2.24. The van der Waals surface area contributed by atoms with E-state index in [2.05, 4.69) is 20.6 Å². The lowest BCUT2D eigenvalue weighted by atomic mass is 10.1. The van der Waals surface area contributed by atoms with Crippen LogP contribution >= 0.6 is 11.6 Å². The van der Waals surface area contributed by atoms with E-state index < -0.39 is 5.91 Å². The molecular weight excluding hydrogens is 546 g/mol. The maximum Gasteiger partial charge on any atom is 0.259 e. The van der Waals surface area contributed by atoms with Crippen molar-refractivity contribution in [3.63, 3.8) is 0 Å². The van der Waals surface area contributed by atoms with Crippen LogP contribution in [0.5, 0.6) is 0 Å². The number of carbonyl (C=O) groups excluding carboxylic acids is 3. The second-order valence-corrected chi connectivity index (χ2v) is 10.6. The molecule has 4 aromatic rings. The van der Waals surface area contributed by atoms with Gasteiger partial charge in [-0.05, 0) is 56.5 Å². The lowest BCUT2D eigenvalue weighted by molar-refractivity contribution is -0.133. The van der Waals surface area contributed by atoms with Gasteiger partial charge in [-0.25, -0.2) is 4.68 Å². The molecule has 0 bridgehead atoms. The summed E-state index contributed by atoms with van der Waals surface area (Å²) in [5, 5.41) is 16.5. The number of nitrogens with one attached hydrogen (secondary N) is 1. The molecule has 1 saturated heterocycles. The summed E-state index contributed by atoms with van der Waals surface area (Å²) in [6.07, 6.45) is 6.26. The summed E-state index contributed by atoms with van der Waals surface area (Å²) in [5.74, 6) is 0.255. The number of fused-ring (bicyclic) bond motifs is 1. The second-order valence-electron chi connectivity index (χ2n) is 10.1. The number of rotatable bonds is 10. The quantitative estimate of drug-likeness (QED) is 0.276. The highest BCUT2D eigenvalue weighted by Crippen LogP contribution is 2.27. The Kier molecular flexibility index (Phi) is 8.46. The van der Waals surface area contributed by atoms with Gasteiger partial charge in [-0.2, -0.15) is 5.10 Å². The molecule has 1 aromatic carbocycles. The first-order valence-electron chi connectivity index (χ1n) is 13.6. The van der Waals surface area contributed by atoms with Crippen LogP contribution in [0.3, 0.4) is 0 Å². The highest BCUT2D eigenvalue weighted by Gasteiger charge is 2.29. The number of nitrogens with zero attached hydrogens (tertiary/aromatic N) is 6. The van der Waals surface area contributed by atoms with Gasteiger partial charge < -0.3 is 19.5 Å². The minimum atomic E-state index is -0.410. The molecule has 2 amide bonds. The molecule has 1 fully saturated rings. The van der Waals surface area contributed by atoms with Crippen molar-refractivity contribution in [3.05, 3.63) is 64.6 Å². The van der Waals surface area contributed by atoms with E-state index in [1.54, 1.807) is 59.8 Å². The smallest absolute Gasteiger partial charge is 0.259 e. The number of hydrogen-bond donors (Lipinski definition) is 1. The highest BCUT2D eigenvalue weighted by atomic mass is 35.5. The lowest BCUT2D eigenvalue weighted by Crippen LogP contribution is -2.39. The van der Waals surface area contributed by atoms with Crippen LogP contribution in [0.25, 0.3) is 16.7 Å². The number of amides is 2. The van der Waals surface area contributed by atoms with Crippen LogP contribution in [0.2, 0.25) is 5.02 Å². The molecule has 0 saturated carbocycles. The zero-order valence-corrected chi connectivity index (χ0v) is 24.0. The average Bonchev–Trinajstić information content (AvgIpc) is 3.67. The molecule has 0 unspecified atom stereocenters. The molecule has 4 heterocycles. The Morgan fingerprint density at radius 1 is 1.15 bits per heavy atom. The van der Waals surface area contributed by atoms with E-state index in [0.717, 1.165) is 24.8 Å². The van der Waals surface area contributed by atoms with Crippen LogP contribution in [-0.4, -0.2) is 73.3 Å². The first-order valence-corrected chi connectivity index (χ1v) is 14.0. The van der Waals surface area contributed by atoms with Crippen LogP contribution in [0.4, 0.5) is 5.82 Å². The normalized spacial score (nSPS) is 15.0. The third-order valence-electron chi connectivity index (χ3n) is 7.35. The molecule has 11 nitrogen and oxygen atoms in total. The minimum Gasteiger partial charge on any atom is -0.383 e. The first kappa shape index (κ1) is 28.4. The van der Waals surface area contributed by atoms with Crippen molar-refractivity contribution in [3.8, 4) is 5.82 Å². The summed E-state index contributed by atoms with van der Waals surface area (Å²) in [6, 6.07) is 8.60. The van der Waals surface area contributed by atoms with Crippen molar-refractivity contribution in [1.82, 2.24) is 29.4 Å². The summed E-state index contributed by atoms with van der Waals surface area (Å²) < 4.78 is 8.61. The number of halogens is 1. The number of methoxy groups -OCH3 is 1. The topological polar surface area (TPSA) is 124 Å². The van der Waals surface area contributed by atoms with Crippen molar-refractivity contribution in [1.29, 1.82) is 0 Å². The zero-order valence-electron chi connectivity index (χ0n) is 23.3. The summed E-state index contributed by atoms with van der Waals surface area (Å²) in [4.78, 5) is 40.8. The maximum atomic E-state index is 13.4. The van der Waals surface area contributed by atoms with Crippen molar-refractivity contribution in [2.45, 2.75) is 52.1 Å². The summed E-state index contributed by atoms with van der Waals surface area (Å²) >= 11 is 6.27. The van der Waals surface area contributed by atoms with Gasteiger partial charge in [0.15, 0.2) is 17.4 Å². The number of likely N-dealkylation sites (tertiary alicyclic amines) is 1. The van der Waals surface area contributed by atoms with E-state index >= 15 is 0 Å². The minimum absolute atomic E-state index is 0.0294. The van der Waals surface area contributed by atoms with Crippen molar-refractivity contribution >= 4 is 45.9 Å². The van der Waals surface area contributed by atoms with Crippen LogP contribution in [0.1, 0.15) is 59.0 Å². The van der Waals surface area contributed by atoms with Gasteiger partial charge >= 0.3 is 0 Å². The highest BCUT2D eigenvalue weighted by molar-refractivity contribution is 6.31. The maximum absolute atomic E-state index is 13.4. The van der Waals surface area contributed by atoms with Crippen molar-refractivity contribution in [2.24, 2.45) is 0 Å². The number of carbonyl (C=O) groups is 3. The Balaban J connectivity index is 1.35. The van der Waals surface area contributed by atoms with E-state index in [1.807, 2.05) is 11.8 Å². The van der Waals surface area contributed by atoms with Gasteiger partial charge in [0.25, 0.3) is 5.91 Å². The Bertz CT molecular complexity index is 1590. The van der Waals surface area contributed by atoms with Gasteiger partial charge in [-0.3, -0.25) is 14.4 Å². The molecule has 1 N–H and O–H groups in total. The molecule has 1 aliphatic heterocycles. The van der Waals surface area contributed by atoms with Crippen LogP contribution < -0.4 is 5.32 Å². The average molecular weight is 578 g/mol. The molecule has 0 aliphatic carbocycles. The molecule has 1 aliphatic rings. The summed E-state index contributed by atoms with van der Waals surface area (Å²) in [7, 11) is 1.64. The predicted molar refractivity (Wildman–Crippen MR) is 155 cm³/mol. The molecule has 12 heteroatoms. The fourth-order valence-corrected chi connectivity index (χ4v) is 5.48. The molecule has 214 valence electrons. The Labute approximate surface area is 242 Å². The number of hydrogen-bond acceptors (Lipinski definition) is 7. The van der Waals surface area contributed by atoms with E-state index in [0.29, 0.717) is 52.6 Å². The van der Waals surface area contributed by atoms with E-state index in [-0.39, 0.29) is 30.1 Å². The predicted octanol–water partition coefficient (Wildman–Crippen LogP) is 4.45. The van der Waals surface area contributed by atoms with Gasteiger partial charge in [0.2, 0.25) is 5.91 Å². The van der Waals surface area contributed by atoms with Gasteiger partial charge in [-0.15, -0.1) is 10.2 Å². The largest absolute Gasteiger partial charge is 0.383 e. The van der Waals surface area contributed by atoms with Crippen LogP contribution in [-0.2, 0) is 16.1 Å². The standard InChI is InChI=1S/C29H32ClN7O4/c1-4-6-25(38)22-14-31-37(18(22)2)27-11-10-26(33-34-27)32-29(40)23-15-35(24-9-8-19(30)13-21(23)24)16-28(39)36-12-5-7-20(36)17-41-3/h8-11,13-15,20H,4-7,12,16-17H2,1-3H3,(H,32,33,40)/t20-/m0/s1. The third-order valence-corrected chi connectivity index (χ3v) is 7.58. The fraction of sp³-hybridized carbons (Fsp3) is 0.379. The zero-order chi connectivity index (χ0) is 29.1. The Hall–Kier alpha value is -4.09. The number of Topliss-reactive ketones (excluding diaryl/α,β-unsaturated/α-hetero) is 1. The van der Waals surface area contributed by atoms with E-state index in [4.69, 9.17) is 16.3 Å². The second kappa shape index (κ2) is 12.2. The van der Waals surface area contributed by atoms with Crippen LogP contribution in [0, 0.1) is 6.92 Å². The van der Waals surface area contributed by atoms with Gasteiger partial charge in [0.05, 0.1) is 35.7 Å². The number of anilines is 1. The van der Waals surface area contributed by atoms with E-state index in [1.165, 1.54) is 6.20 Å². The molecule has 41 heavy (non-hydrogen) atoms. The molecular formula is C29H32ClN7O4.